The average molecular weight is 302 g/mol. The lowest BCUT2D eigenvalue weighted by atomic mass is 10.0. The molecule has 0 aliphatic carbocycles. The van der Waals surface area contributed by atoms with Crippen LogP contribution in [0.5, 0.6) is 0 Å². The van der Waals surface area contributed by atoms with Crippen molar-refractivity contribution in [3.05, 3.63) is 63.2 Å². The molecule has 0 saturated heterocycles. The van der Waals surface area contributed by atoms with Crippen LogP contribution in [0.15, 0.2) is 42.5 Å². The van der Waals surface area contributed by atoms with E-state index in [9.17, 15) is 23.3 Å². The van der Waals surface area contributed by atoms with Crippen molar-refractivity contribution in [2.75, 3.05) is 0 Å². The molecule has 0 radical (unpaired) electrons. The van der Waals surface area contributed by atoms with Crippen molar-refractivity contribution in [2.24, 2.45) is 0 Å². The second kappa shape index (κ2) is 5.13. The molecule has 2 aromatic carbocycles. The Morgan fingerprint density at radius 1 is 1.00 bits per heavy atom. The summed E-state index contributed by atoms with van der Waals surface area (Å²) in [6.45, 7) is 0. The van der Waals surface area contributed by atoms with E-state index in [1.807, 2.05) is 0 Å². The molecule has 0 unspecified atom stereocenters. The molecule has 2 rings (SSSR count). The number of hydrogen-bond acceptors (Lipinski definition) is 2. The molecule has 104 valence electrons. The highest BCUT2D eigenvalue weighted by molar-refractivity contribution is 6.31. The van der Waals surface area contributed by atoms with Crippen molar-refractivity contribution in [1.29, 1.82) is 0 Å². The zero-order chi connectivity index (χ0) is 14.9. The summed E-state index contributed by atoms with van der Waals surface area (Å²) in [7, 11) is 0. The lowest BCUT2D eigenvalue weighted by molar-refractivity contribution is -0.384. The van der Waals surface area contributed by atoms with E-state index in [1.165, 1.54) is 30.3 Å². The van der Waals surface area contributed by atoms with Gasteiger partial charge in [0.1, 0.15) is 0 Å². The van der Waals surface area contributed by atoms with Gasteiger partial charge >= 0.3 is 6.18 Å². The van der Waals surface area contributed by atoms with Gasteiger partial charge in [-0.1, -0.05) is 23.7 Å². The molecule has 0 aromatic heterocycles. The van der Waals surface area contributed by atoms with Crippen LogP contribution < -0.4 is 0 Å². The van der Waals surface area contributed by atoms with E-state index in [-0.39, 0.29) is 10.7 Å². The molecule has 0 saturated carbocycles. The smallest absolute Gasteiger partial charge is 0.258 e. The number of nitrogens with zero attached hydrogens (tertiary/aromatic N) is 1. The van der Waals surface area contributed by atoms with Gasteiger partial charge < -0.3 is 0 Å². The molecule has 0 heterocycles. The molecule has 0 aliphatic rings. The van der Waals surface area contributed by atoms with Crippen molar-refractivity contribution in [2.45, 2.75) is 6.18 Å². The SMILES string of the molecule is O=[N+]([O-])c1cc(Cl)cc(-c2ccc(C(F)(F)F)cc2)c1. The van der Waals surface area contributed by atoms with E-state index >= 15 is 0 Å². The summed E-state index contributed by atoms with van der Waals surface area (Å²) in [5.41, 5.74) is -0.188. The molecular weight excluding hydrogens is 295 g/mol. The Morgan fingerprint density at radius 3 is 2.10 bits per heavy atom. The van der Waals surface area contributed by atoms with Crippen molar-refractivity contribution < 1.29 is 18.1 Å². The summed E-state index contributed by atoms with van der Waals surface area (Å²) < 4.78 is 37.3. The maximum atomic E-state index is 12.4. The van der Waals surface area contributed by atoms with Crippen LogP contribution in [0.2, 0.25) is 5.02 Å². The molecular formula is C13H7ClF3NO2. The Bertz CT molecular complexity index is 654. The maximum Gasteiger partial charge on any atom is 0.416 e. The first-order chi connectivity index (χ1) is 9.27. The van der Waals surface area contributed by atoms with E-state index in [1.54, 1.807) is 0 Å². The topological polar surface area (TPSA) is 43.1 Å². The first kappa shape index (κ1) is 14.3. The highest BCUT2D eigenvalue weighted by Gasteiger charge is 2.30. The third-order valence-electron chi connectivity index (χ3n) is 2.64. The Hall–Kier alpha value is -2.08. The Labute approximate surface area is 116 Å². The number of nitro benzene ring substituents is 1. The van der Waals surface area contributed by atoms with Crippen LogP contribution in [0.25, 0.3) is 11.1 Å². The molecule has 0 atom stereocenters. The Morgan fingerprint density at radius 2 is 1.60 bits per heavy atom. The summed E-state index contributed by atoms with van der Waals surface area (Å²) in [5, 5.41) is 10.9. The molecule has 0 spiro atoms. The number of alkyl halides is 3. The molecule has 0 bridgehead atoms. The summed E-state index contributed by atoms with van der Waals surface area (Å²) in [6.07, 6.45) is -4.42. The van der Waals surface area contributed by atoms with Gasteiger partial charge in [-0.05, 0) is 29.3 Å². The van der Waals surface area contributed by atoms with E-state index in [2.05, 4.69) is 0 Å². The molecule has 7 heteroatoms. The van der Waals surface area contributed by atoms with Gasteiger partial charge in [-0.3, -0.25) is 10.1 Å². The lowest BCUT2D eigenvalue weighted by Gasteiger charge is -2.08. The predicted octanol–water partition coefficient (Wildman–Crippen LogP) is 4.93. The van der Waals surface area contributed by atoms with Crippen LogP contribution in [-0.2, 0) is 6.18 Å². The second-order valence-electron chi connectivity index (χ2n) is 4.03. The Kier molecular flexibility index (Phi) is 3.67. The number of hydrogen-bond donors (Lipinski definition) is 0. The highest BCUT2D eigenvalue weighted by atomic mass is 35.5. The first-order valence-corrected chi connectivity index (χ1v) is 5.78. The van der Waals surface area contributed by atoms with Crippen molar-refractivity contribution in [3.8, 4) is 11.1 Å². The molecule has 2 aromatic rings. The second-order valence-corrected chi connectivity index (χ2v) is 4.47. The third kappa shape index (κ3) is 3.08. The van der Waals surface area contributed by atoms with Crippen LogP contribution in [0.3, 0.4) is 0 Å². The fraction of sp³-hybridized carbons (Fsp3) is 0.0769. The minimum atomic E-state index is -4.42. The van der Waals surface area contributed by atoms with E-state index in [4.69, 9.17) is 11.6 Å². The van der Waals surface area contributed by atoms with Gasteiger partial charge in [-0.25, -0.2) is 0 Å². The van der Waals surface area contributed by atoms with Crippen LogP contribution in [0.1, 0.15) is 5.56 Å². The minimum absolute atomic E-state index is 0.147. The van der Waals surface area contributed by atoms with Crippen LogP contribution in [-0.4, -0.2) is 4.92 Å². The minimum Gasteiger partial charge on any atom is -0.258 e. The zero-order valence-electron chi connectivity index (χ0n) is 9.82. The lowest BCUT2D eigenvalue weighted by Crippen LogP contribution is -2.04. The number of halogens is 4. The van der Waals surface area contributed by atoms with Crippen molar-refractivity contribution in [1.82, 2.24) is 0 Å². The number of non-ortho nitro benzene ring substituents is 1. The third-order valence-corrected chi connectivity index (χ3v) is 2.86. The number of benzene rings is 2. The average Bonchev–Trinajstić information content (AvgIpc) is 2.37. The summed E-state index contributed by atoms with van der Waals surface area (Å²) in [5.74, 6) is 0. The number of rotatable bonds is 2. The summed E-state index contributed by atoms with van der Waals surface area (Å²) in [4.78, 5) is 10.1. The van der Waals surface area contributed by atoms with Crippen LogP contribution in [0, 0.1) is 10.1 Å². The molecule has 0 fully saturated rings. The fourth-order valence-corrected chi connectivity index (χ4v) is 1.93. The number of nitro groups is 1. The predicted molar refractivity (Wildman–Crippen MR) is 68.5 cm³/mol. The normalized spacial score (nSPS) is 11.4. The quantitative estimate of drug-likeness (QED) is 0.583. The van der Waals surface area contributed by atoms with Crippen molar-refractivity contribution >= 4 is 17.3 Å². The molecule has 3 nitrogen and oxygen atoms in total. The fourth-order valence-electron chi connectivity index (χ4n) is 1.70. The van der Waals surface area contributed by atoms with Crippen LogP contribution >= 0.6 is 11.6 Å². The van der Waals surface area contributed by atoms with E-state index < -0.39 is 16.7 Å². The maximum absolute atomic E-state index is 12.4. The molecule has 0 N–H and O–H groups in total. The monoisotopic (exact) mass is 301 g/mol. The van der Waals surface area contributed by atoms with Gasteiger partial charge in [0.15, 0.2) is 0 Å². The molecule has 0 aliphatic heterocycles. The highest BCUT2D eigenvalue weighted by Crippen LogP contribution is 2.32. The molecule has 20 heavy (non-hydrogen) atoms. The summed E-state index contributed by atoms with van der Waals surface area (Å²) >= 11 is 5.76. The zero-order valence-corrected chi connectivity index (χ0v) is 10.6. The van der Waals surface area contributed by atoms with Gasteiger partial charge in [0.25, 0.3) is 5.69 Å². The molecule has 0 amide bonds. The first-order valence-electron chi connectivity index (χ1n) is 5.40. The van der Waals surface area contributed by atoms with E-state index in [0.717, 1.165) is 12.1 Å². The van der Waals surface area contributed by atoms with Gasteiger partial charge in [-0.2, -0.15) is 13.2 Å². The summed E-state index contributed by atoms with van der Waals surface area (Å²) in [6, 6.07) is 8.22. The van der Waals surface area contributed by atoms with Gasteiger partial charge in [0, 0.05) is 17.2 Å². The van der Waals surface area contributed by atoms with Gasteiger partial charge in [0.2, 0.25) is 0 Å². The Balaban J connectivity index is 2.44. The van der Waals surface area contributed by atoms with Crippen LogP contribution in [0.4, 0.5) is 18.9 Å². The van der Waals surface area contributed by atoms with Crippen molar-refractivity contribution in [3.63, 3.8) is 0 Å². The van der Waals surface area contributed by atoms with E-state index in [0.29, 0.717) is 11.1 Å². The largest absolute Gasteiger partial charge is 0.416 e. The standard InChI is InChI=1S/C13H7ClF3NO2/c14-11-5-9(6-12(7-11)18(19)20)8-1-3-10(4-2-8)13(15,16)17/h1-7H. The van der Waals surface area contributed by atoms with Gasteiger partial charge in [-0.15, -0.1) is 0 Å². The van der Waals surface area contributed by atoms with Gasteiger partial charge in [0.05, 0.1) is 10.5 Å².